The van der Waals surface area contributed by atoms with Gasteiger partial charge in [0.1, 0.15) is 6.61 Å². The SMILES string of the molecule is CC(CCc1ccccc1)NC(=O)c1ccc(NC(=O)C2COc3ccccc3O2)cc1. The Hall–Kier alpha value is -3.80. The Bertz CT molecular complexity index is 1070. The summed E-state index contributed by atoms with van der Waals surface area (Å²) in [5, 5.41) is 5.84. The number of anilines is 1. The van der Waals surface area contributed by atoms with Crippen LogP contribution in [-0.2, 0) is 11.2 Å². The van der Waals surface area contributed by atoms with Gasteiger partial charge in [-0.2, -0.15) is 0 Å². The van der Waals surface area contributed by atoms with E-state index in [0.717, 1.165) is 12.8 Å². The van der Waals surface area contributed by atoms with Crippen molar-refractivity contribution in [3.05, 3.63) is 90.0 Å². The highest BCUT2D eigenvalue weighted by Crippen LogP contribution is 2.31. The summed E-state index contributed by atoms with van der Waals surface area (Å²) in [6.45, 7) is 2.14. The maximum Gasteiger partial charge on any atom is 0.269 e. The van der Waals surface area contributed by atoms with E-state index in [0.29, 0.717) is 22.7 Å². The number of nitrogens with one attached hydrogen (secondary N) is 2. The lowest BCUT2D eigenvalue weighted by Crippen LogP contribution is -2.40. The molecule has 164 valence electrons. The van der Waals surface area contributed by atoms with Crippen LogP contribution in [-0.4, -0.2) is 30.6 Å². The van der Waals surface area contributed by atoms with Gasteiger partial charge in [-0.1, -0.05) is 42.5 Å². The Morgan fingerprint density at radius 1 is 0.938 bits per heavy atom. The van der Waals surface area contributed by atoms with Crippen molar-refractivity contribution in [3.8, 4) is 11.5 Å². The Morgan fingerprint density at radius 2 is 1.62 bits per heavy atom. The number of hydrogen-bond donors (Lipinski definition) is 2. The number of rotatable bonds is 7. The molecule has 0 bridgehead atoms. The standard InChI is InChI=1S/C26H26N2O4/c1-18(11-12-19-7-3-2-4-8-19)27-25(29)20-13-15-21(16-14-20)28-26(30)24-17-31-22-9-5-6-10-23(22)32-24/h2-10,13-16,18,24H,11-12,17H2,1H3,(H,27,29)(H,28,30). The molecule has 4 rings (SSSR count). The van der Waals surface area contributed by atoms with E-state index in [9.17, 15) is 9.59 Å². The first-order valence-electron chi connectivity index (χ1n) is 10.7. The summed E-state index contributed by atoms with van der Waals surface area (Å²) < 4.78 is 11.3. The minimum atomic E-state index is -0.738. The minimum Gasteiger partial charge on any atom is -0.485 e. The molecule has 32 heavy (non-hydrogen) atoms. The van der Waals surface area contributed by atoms with Crippen molar-refractivity contribution in [2.24, 2.45) is 0 Å². The molecule has 1 aliphatic rings. The topological polar surface area (TPSA) is 76.7 Å². The van der Waals surface area contributed by atoms with Crippen LogP contribution in [0.2, 0.25) is 0 Å². The van der Waals surface area contributed by atoms with E-state index in [1.54, 1.807) is 36.4 Å². The normalized spacial score (nSPS) is 15.5. The van der Waals surface area contributed by atoms with Gasteiger partial charge in [0.05, 0.1) is 0 Å². The largest absolute Gasteiger partial charge is 0.485 e. The van der Waals surface area contributed by atoms with Gasteiger partial charge in [0, 0.05) is 17.3 Å². The lowest BCUT2D eigenvalue weighted by atomic mass is 10.1. The molecule has 2 atom stereocenters. The van der Waals surface area contributed by atoms with Crippen molar-refractivity contribution in [3.63, 3.8) is 0 Å². The highest BCUT2D eigenvalue weighted by molar-refractivity contribution is 5.97. The van der Waals surface area contributed by atoms with Crippen LogP contribution in [0.4, 0.5) is 5.69 Å². The minimum absolute atomic E-state index is 0.0495. The number of hydrogen-bond acceptors (Lipinski definition) is 4. The van der Waals surface area contributed by atoms with E-state index in [-0.39, 0.29) is 24.5 Å². The average Bonchev–Trinajstić information content (AvgIpc) is 2.83. The van der Waals surface area contributed by atoms with Gasteiger partial charge in [-0.3, -0.25) is 9.59 Å². The number of fused-ring (bicyclic) bond motifs is 1. The number of amides is 2. The number of para-hydroxylation sites is 2. The second kappa shape index (κ2) is 10.0. The molecule has 0 spiro atoms. The third-order valence-electron chi connectivity index (χ3n) is 5.30. The van der Waals surface area contributed by atoms with Crippen LogP contribution in [0, 0.1) is 0 Å². The maximum atomic E-state index is 12.5. The quantitative estimate of drug-likeness (QED) is 0.589. The van der Waals surface area contributed by atoms with Crippen LogP contribution >= 0.6 is 0 Å². The second-order valence-corrected chi connectivity index (χ2v) is 7.83. The zero-order valence-electron chi connectivity index (χ0n) is 17.9. The molecule has 2 N–H and O–H groups in total. The highest BCUT2D eigenvalue weighted by atomic mass is 16.6. The number of ether oxygens (including phenoxy) is 2. The van der Waals surface area contributed by atoms with E-state index < -0.39 is 6.10 Å². The van der Waals surface area contributed by atoms with Crippen LogP contribution in [0.25, 0.3) is 0 Å². The molecule has 0 aromatic heterocycles. The lowest BCUT2D eigenvalue weighted by molar-refractivity contribution is -0.125. The average molecular weight is 431 g/mol. The van der Waals surface area contributed by atoms with Crippen molar-refractivity contribution < 1.29 is 19.1 Å². The molecule has 0 fully saturated rings. The summed E-state index contributed by atoms with van der Waals surface area (Å²) in [5.74, 6) is 0.743. The van der Waals surface area contributed by atoms with Crippen LogP contribution in [0.3, 0.4) is 0 Å². The van der Waals surface area contributed by atoms with E-state index >= 15 is 0 Å². The van der Waals surface area contributed by atoms with Crippen LogP contribution < -0.4 is 20.1 Å². The first-order chi connectivity index (χ1) is 15.6. The fourth-order valence-corrected chi connectivity index (χ4v) is 3.48. The maximum absolute atomic E-state index is 12.5. The first kappa shape index (κ1) is 21.4. The summed E-state index contributed by atoms with van der Waals surface area (Å²) in [7, 11) is 0. The Balaban J connectivity index is 1.27. The second-order valence-electron chi connectivity index (χ2n) is 7.83. The molecule has 6 heteroatoms. The Morgan fingerprint density at radius 3 is 2.38 bits per heavy atom. The molecule has 0 radical (unpaired) electrons. The van der Waals surface area contributed by atoms with Gasteiger partial charge in [-0.25, -0.2) is 0 Å². The van der Waals surface area contributed by atoms with E-state index in [2.05, 4.69) is 22.8 Å². The van der Waals surface area contributed by atoms with Gasteiger partial charge in [0.25, 0.3) is 11.8 Å². The van der Waals surface area contributed by atoms with Crippen molar-refractivity contribution >= 4 is 17.5 Å². The van der Waals surface area contributed by atoms with E-state index in [4.69, 9.17) is 9.47 Å². The molecule has 2 amide bonds. The van der Waals surface area contributed by atoms with E-state index in [1.165, 1.54) is 5.56 Å². The molecular weight excluding hydrogens is 404 g/mol. The smallest absolute Gasteiger partial charge is 0.269 e. The molecule has 0 saturated heterocycles. The Kier molecular flexibility index (Phi) is 6.70. The fourth-order valence-electron chi connectivity index (χ4n) is 3.48. The predicted molar refractivity (Wildman–Crippen MR) is 123 cm³/mol. The predicted octanol–water partition coefficient (Wildman–Crippen LogP) is 4.22. The highest BCUT2D eigenvalue weighted by Gasteiger charge is 2.27. The van der Waals surface area contributed by atoms with Crippen LogP contribution in [0.1, 0.15) is 29.3 Å². The number of aryl methyl sites for hydroxylation is 1. The third-order valence-corrected chi connectivity index (χ3v) is 5.30. The van der Waals surface area contributed by atoms with Gasteiger partial charge < -0.3 is 20.1 Å². The van der Waals surface area contributed by atoms with Gasteiger partial charge >= 0.3 is 0 Å². The van der Waals surface area contributed by atoms with Crippen LogP contribution in [0.15, 0.2) is 78.9 Å². The van der Waals surface area contributed by atoms with Crippen molar-refractivity contribution in [1.29, 1.82) is 0 Å². The number of benzene rings is 3. The summed E-state index contributed by atoms with van der Waals surface area (Å²) in [5.41, 5.74) is 2.39. The number of carbonyl (C=O) groups excluding carboxylic acids is 2. The molecule has 3 aromatic carbocycles. The summed E-state index contributed by atoms with van der Waals surface area (Å²) in [4.78, 5) is 25.1. The monoisotopic (exact) mass is 430 g/mol. The molecule has 1 aliphatic heterocycles. The zero-order chi connectivity index (χ0) is 22.3. The van der Waals surface area contributed by atoms with Crippen molar-refractivity contribution in [2.75, 3.05) is 11.9 Å². The van der Waals surface area contributed by atoms with Crippen LogP contribution in [0.5, 0.6) is 11.5 Å². The summed E-state index contributed by atoms with van der Waals surface area (Å²) in [6, 6.07) is 24.3. The van der Waals surface area contributed by atoms with Gasteiger partial charge in [0.15, 0.2) is 11.5 Å². The van der Waals surface area contributed by atoms with Gasteiger partial charge in [0.2, 0.25) is 6.10 Å². The lowest BCUT2D eigenvalue weighted by Gasteiger charge is -2.25. The molecule has 1 heterocycles. The van der Waals surface area contributed by atoms with Gasteiger partial charge in [-0.15, -0.1) is 0 Å². The third kappa shape index (κ3) is 5.46. The zero-order valence-corrected chi connectivity index (χ0v) is 17.9. The summed E-state index contributed by atoms with van der Waals surface area (Å²) >= 11 is 0. The number of carbonyl (C=O) groups is 2. The van der Waals surface area contributed by atoms with Crippen molar-refractivity contribution in [1.82, 2.24) is 5.32 Å². The van der Waals surface area contributed by atoms with Gasteiger partial charge in [-0.05, 0) is 61.7 Å². The van der Waals surface area contributed by atoms with Crippen molar-refractivity contribution in [2.45, 2.75) is 31.9 Å². The molecule has 2 unspecified atom stereocenters. The molecule has 0 aliphatic carbocycles. The fraction of sp³-hybridized carbons (Fsp3) is 0.231. The molecular formula is C26H26N2O4. The Labute approximate surface area is 187 Å². The summed E-state index contributed by atoms with van der Waals surface area (Å²) in [6.07, 6.45) is 1.03. The first-order valence-corrected chi connectivity index (χ1v) is 10.7. The molecule has 0 saturated carbocycles. The van der Waals surface area contributed by atoms with E-state index in [1.807, 2.05) is 37.3 Å². The molecule has 3 aromatic rings. The molecule has 6 nitrogen and oxygen atoms in total.